The van der Waals surface area contributed by atoms with E-state index < -0.39 is 5.83 Å². The molecular formula is C11H19FN2O. The maximum Gasteiger partial charge on any atom is 0.149 e. The van der Waals surface area contributed by atoms with E-state index in [2.05, 4.69) is 6.58 Å². The van der Waals surface area contributed by atoms with Crippen LogP contribution in [0.1, 0.15) is 20.8 Å². The number of rotatable bonds is 5. The minimum atomic E-state index is -0.626. The lowest BCUT2D eigenvalue weighted by Gasteiger charge is -2.11. The van der Waals surface area contributed by atoms with E-state index in [1.54, 1.807) is 6.92 Å². The van der Waals surface area contributed by atoms with Gasteiger partial charge in [0.25, 0.3) is 0 Å². The van der Waals surface area contributed by atoms with Crippen molar-refractivity contribution in [3.8, 4) is 0 Å². The molecule has 3 nitrogen and oxygen atoms in total. The van der Waals surface area contributed by atoms with Gasteiger partial charge in [-0.2, -0.15) is 0 Å². The number of nitrogens with two attached hydrogens (primary N) is 2. The summed E-state index contributed by atoms with van der Waals surface area (Å²) in [6, 6.07) is 0. The Morgan fingerprint density at radius 1 is 1.47 bits per heavy atom. The first kappa shape index (κ1) is 13.5. The van der Waals surface area contributed by atoms with Crippen LogP contribution in [0.25, 0.3) is 0 Å². The molecule has 0 aromatic heterocycles. The average Bonchev–Trinajstić information content (AvgIpc) is 2.10. The summed E-state index contributed by atoms with van der Waals surface area (Å²) in [5.41, 5.74) is 11.0. The largest absolute Gasteiger partial charge is 0.491 e. The standard InChI is InChI=1S/C11H19FN2O/c1-7(2)6-15-11(9(4)14)5-10(12)8(3)13/h5,7H,3,6,13-14H2,1-2,4H3/b10-5+,11-9+. The molecule has 4 N–H and O–H groups in total. The molecule has 0 radical (unpaired) electrons. The van der Waals surface area contributed by atoms with Gasteiger partial charge in [0, 0.05) is 11.8 Å². The number of ether oxygens (including phenoxy) is 1. The van der Waals surface area contributed by atoms with Crippen LogP contribution in [0.3, 0.4) is 0 Å². The molecule has 0 aliphatic carbocycles. The van der Waals surface area contributed by atoms with Crippen LogP contribution in [0.4, 0.5) is 4.39 Å². The highest BCUT2D eigenvalue weighted by atomic mass is 19.1. The van der Waals surface area contributed by atoms with E-state index in [-0.39, 0.29) is 5.70 Å². The molecule has 4 heteroatoms. The van der Waals surface area contributed by atoms with Gasteiger partial charge in [-0.25, -0.2) is 4.39 Å². The molecule has 0 heterocycles. The van der Waals surface area contributed by atoms with E-state index in [4.69, 9.17) is 16.2 Å². The average molecular weight is 214 g/mol. The van der Waals surface area contributed by atoms with E-state index in [0.717, 1.165) is 6.08 Å². The Kier molecular flexibility index (Phi) is 5.52. The van der Waals surface area contributed by atoms with Gasteiger partial charge >= 0.3 is 0 Å². The fourth-order valence-corrected chi connectivity index (χ4v) is 0.734. The van der Waals surface area contributed by atoms with Gasteiger partial charge in [-0.1, -0.05) is 20.4 Å². The summed E-state index contributed by atoms with van der Waals surface area (Å²) < 4.78 is 18.5. The molecule has 0 amide bonds. The number of hydrogen-bond donors (Lipinski definition) is 2. The quantitative estimate of drug-likeness (QED) is 0.544. The summed E-state index contributed by atoms with van der Waals surface area (Å²) in [6.45, 7) is 9.38. The summed E-state index contributed by atoms with van der Waals surface area (Å²) in [7, 11) is 0. The molecule has 0 spiro atoms. The Balaban J connectivity index is 4.65. The van der Waals surface area contributed by atoms with Crippen molar-refractivity contribution >= 4 is 0 Å². The third kappa shape index (κ3) is 5.78. The van der Waals surface area contributed by atoms with Crippen LogP contribution in [0.2, 0.25) is 0 Å². The highest BCUT2D eigenvalue weighted by Gasteiger charge is 2.04. The van der Waals surface area contributed by atoms with Crippen LogP contribution < -0.4 is 11.5 Å². The van der Waals surface area contributed by atoms with Crippen molar-refractivity contribution in [2.24, 2.45) is 17.4 Å². The summed E-state index contributed by atoms with van der Waals surface area (Å²) in [5.74, 6) is 0.0169. The third-order valence-corrected chi connectivity index (χ3v) is 1.53. The van der Waals surface area contributed by atoms with Gasteiger partial charge in [0.15, 0.2) is 0 Å². The molecule has 0 rings (SSSR count). The molecule has 0 aromatic carbocycles. The Morgan fingerprint density at radius 2 is 2.00 bits per heavy atom. The van der Waals surface area contributed by atoms with Gasteiger partial charge < -0.3 is 16.2 Å². The van der Waals surface area contributed by atoms with Crippen LogP contribution in [0, 0.1) is 5.92 Å². The predicted octanol–water partition coefficient (Wildman–Crippen LogP) is 2.18. The van der Waals surface area contributed by atoms with Crippen molar-refractivity contribution in [1.82, 2.24) is 0 Å². The molecule has 15 heavy (non-hydrogen) atoms. The van der Waals surface area contributed by atoms with Crippen LogP contribution in [0.5, 0.6) is 0 Å². The van der Waals surface area contributed by atoms with Crippen LogP contribution in [0.15, 0.2) is 35.6 Å². The Bertz CT molecular complexity index is 289. The monoisotopic (exact) mass is 214 g/mol. The van der Waals surface area contributed by atoms with Gasteiger partial charge in [0.2, 0.25) is 0 Å². The Morgan fingerprint density at radius 3 is 2.33 bits per heavy atom. The SMILES string of the molecule is C=C(N)/C(F)=C\C(OCC(C)C)=C(\C)N. The number of allylic oxidation sites excluding steroid dienone is 3. The first-order valence-electron chi connectivity index (χ1n) is 4.75. The summed E-state index contributed by atoms with van der Waals surface area (Å²) in [4.78, 5) is 0. The van der Waals surface area contributed by atoms with Crippen molar-refractivity contribution < 1.29 is 9.13 Å². The second kappa shape index (κ2) is 6.11. The Hall–Kier alpha value is -1.45. The molecule has 0 aliphatic rings. The lowest BCUT2D eigenvalue weighted by molar-refractivity contribution is 0.186. The highest BCUT2D eigenvalue weighted by Crippen LogP contribution is 2.12. The second-order valence-corrected chi connectivity index (χ2v) is 3.77. The van der Waals surface area contributed by atoms with Crippen LogP contribution >= 0.6 is 0 Å². The fraction of sp³-hybridized carbons (Fsp3) is 0.455. The van der Waals surface area contributed by atoms with E-state index in [9.17, 15) is 4.39 Å². The molecule has 0 saturated heterocycles. The summed E-state index contributed by atoms with van der Waals surface area (Å²) in [5, 5.41) is 0. The van der Waals surface area contributed by atoms with E-state index >= 15 is 0 Å². The first-order valence-corrected chi connectivity index (χ1v) is 4.75. The second-order valence-electron chi connectivity index (χ2n) is 3.77. The van der Waals surface area contributed by atoms with E-state index in [1.807, 2.05) is 13.8 Å². The Labute approximate surface area is 90.3 Å². The minimum absolute atomic E-state index is 0.137. The molecule has 0 fully saturated rings. The van der Waals surface area contributed by atoms with Crippen LogP contribution in [-0.4, -0.2) is 6.61 Å². The zero-order chi connectivity index (χ0) is 12.0. The van der Waals surface area contributed by atoms with Gasteiger partial charge in [-0.15, -0.1) is 0 Å². The molecular weight excluding hydrogens is 195 g/mol. The normalized spacial score (nSPS) is 13.8. The van der Waals surface area contributed by atoms with Crippen molar-refractivity contribution in [3.05, 3.63) is 35.6 Å². The molecule has 0 bridgehead atoms. The molecule has 0 saturated carbocycles. The third-order valence-electron chi connectivity index (χ3n) is 1.53. The minimum Gasteiger partial charge on any atom is -0.491 e. The molecule has 0 unspecified atom stereocenters. The molecule has 0 atom stereocenters. The van der Waals surface area contributed by atoms with Crippen LogP contribution in [-0.2, 0) is 4.74 Å². The van der Waals surface area contributed by atoms with Crippen molar-refractivity contribution in [3.63, 3.8) is 0 Å². The van der Waals surface area contributed by atoms with Gasteiger partial charge in [0.1, 0.15) is 11.6 Å². The fourth-order valence-electron chi connectivity index (χ4n) is 0.734. The smallest absolute Gasteiger partial charge is 0.149 e. The molecule has 0 aliphatic heterocycles. The molecule has 86 valence electrons. The van der Waals surface area contributed by atoms with Crippen molar-refractivity contribution in [1.29, 1.82) is 0 Å². The van der Waals surface area contributed by atoms with Gasteiger partial charge in [-0.3, -0.25) is 0 Å². The topological polar surface area (TPSA) is 61.3 Å². The zero-order valence-electron chi connectivity index (χ0n) is 9.51. The number of hydrogen-bond acceptors (Lipinski definition) is 3. The number of halogens is 1. The van der Waals surface area contributed by atoms with Gasteiger partial charge in [-0.05, 0) is 12.8 Å². The van der Waals surface area contributed by atoms with Crippen molar-refractivity contribution in [2.75, 3.05) is 6.61 Å². The predicted molar refractivity (Wildman–Crippen MR) is 60.2 cm³/mol. The van der Waals surface area contributed by atoms with Crippen molar-refractivity contribution in [2.45, 2.75) is 20.8 Å². The van der Waals surface area contributed by atoms with Gasteiger partial charge in [0.05, 0.1) is 12.3 Å². The maximum atomic E-state index is 13.1. The van der Waals surface area contributed by atoms with E-state index in [1.165, 1.54) is 0 Å². The summed E-state index contributed by atoms with van der Waals surface area (Å²) >= 11 is 0. The maximum absolute atomic E-state index is 13.1. The lowest BCUT2D eigenvalue weighted by Crippen LogP contribution is -2.07. The zero-order valence-corrected chi connectivity index (χ0v) is 9.51. The summed E-state index contributed by atoms with van der Waals surface area (Å²) in [6.07, 6.45) is 1.15. The molecule has 0 aromatic rings. The highest BCUT2D eigenvalue weighted by molar-refractivity contribution is 5.28. The first-order chi connectivity index (χ1) is 6.84. The lowest BCUT2D eigenvalue weighted by atomic mass is 10.2. The van der Waals surface area contributed by atoms with E-state index in [0.29, 0.717) is 24.0 Å².